The molecule has 0 spiro atoms. The number of hydrogen-bond donors (Lipinski definition) is 0. The molecule has 0 aliphatic carbocycles. The van der Waals surface area contributed by atoms with Crippen molar-refractivity contribution in [2.45, 2.75) is 32.7 Å². The van der Waals surface area contributed by atoms with Gasteiger partial charge >= 0.3 is 0 Å². The van der Waals surface area contributed by atoms with Crippen LogP contribution in [0, 0.1) is 0 Å². The third kappa shape index (κ3) is 3.47. The van der Waals surface area contributed by atoms with Crippen molar-refractivity contribution in [1.82, 2.24) is 4.90 Å². The highest BCUT2D eigenvalue weighted by Gasteiger charge is 2.42. The Hall–Kier alpha value is -2.92. The van der Waals surface area contributed by atoms with E-state index in [1.807, 2.05) is 25.1 Å². The minimum absolute atomic E-state index is 0.132. The smallest absolute Gasteiger partial charge is 0.290 e. The zero-order chi connectivity index (χ0) is 20.4. The van der Waals surface area contributed by atoms with Gasteiger partial charge in [-0.3, -0.25) is 9.59 Å². The number of rotatable bonds is 7. The molecule has 0 bridgehead atoms. The van der Waals surface area contributed by atoms with Gasteiger partial charge in [0.15, 0.2) is 5.43 Å². The molecule has 0 radical (unpaired) electrons. The maximum Gasteiger partial charge on any atom is 0.290 e. The van der Waals surface area contributed by atoms with E-state index >= 15 is 0 Å². The quantitative estimate of drug-likeness (QED) is 0.563. The monoisotopic (exact) mass is 391 g/mol. The first-order chi connectivity index (χ1) is 14.2. The van der Waals surface area contributed by atoms with Crippen LogP contribution in [0.15, 0.2) is 57.7 Å². The van der Waals surface area contributed by atoms with Gasteiger partial charge in [-0.05, 0) is 43.0 Å². The Morgan fingerprint density at radius 3 is 2.52 bits per heavy atom. The molecule has 3 aromatic rings. The van der Waals surface area contributed by atoms with Crippen LogP contribution in [-0.4, -0.2) is 30.6 Å². The summed E-state index contributed by atoms with van der Waals surface area (Å²) in [5.41, 5.74) is 2.89. The highest BCUT2D eigenvalue weighted by atomic mass is 16.5. The number of fused-ring (bicyclic) bond motifs is 2. The summed E-state index contributed by atoms with van der Waals surface area (Å²) in [4.78, 5) is 28.3. The summed E-state index contributed by atoms with van der Waals surface area (Å²) in [5, 5.41) is 0.505. The van der Waals surface area contributed by atoms with E-state index in [4.69, 9.17) is 9.15 Å². The maximum atomic E-state index is 13.3. The molecule has 2 heterocycles. The second-order valence-corrected chi connectivity index (χ2v) is 7.22. The van der Waals surface area contributed by atoms with E-state index in [2.05, 4.69) is 19.1 Å². The second-order valence-electron chi connectivity index (χ2n) is 7.22. The lowest BCUT2D eigenvalue weighted by atomic mass is 9.97. The minimum atomic E-state index is -0.439. The Bertz CT molecular complexity index is 1080. The molecule has 4 rings (SSSR count). The van der Waals surface area contributed by atoms with Crippen LogP contribution in [0.2, 0.25) is 0 Å². The molecule has 5 heteroatoms. The van der Waals surface area contributed by atoms with Crippen LogP contribution in [0.1, 0.15) is 53.6 Å². The lowest BCUT2D eigenvalue weighted by Gasteiger charge is -2.25. The summed E-state index contributed by atoms with van der Waals surface area (Å²) in [6.45, 7) is 5.76. The van der Waals surface area contributed by atoms with Crippen LogP contribution < -0.4 is 5.43 Å². The van der Waals surface area contributed by atoms with E-state index in [0.717, 1.165) is 12.0 Å². The molecule has 2 aromatic carbocycles. The molecule has 1 aliphatic heterocycles. The standard InChI is InChI=1S/C24H25NO4/c1-3-16-10-12-17(13-11-16)21-20-22(26)18-8-5-6-9-19(18)29-23(20)24(27)25(21)14-7-15-28-4-2/h5-6,8-13,21H,3-4,7,14-15H2,1-2H3. The molecule has 29 heavy (non-hydrogen) atoms. The van der Waals surface area contributed by atoms with Crippen molar-refractivity contribution in [1.29, 1.82) is 0 Å². The zero-order valence-electron chi connectivity index (χ0n) is 16.8. The highest BCUT2D eigenvalue weighted by molar-refractivity contribution is 5.99. The van der Waals surface area contributed by atoms with Crippen LogP contribution >= 0.6 is 0 Å². The summed E-state index contributed by atoms with van der Waals surface area (Å²) in [6, 6.07) is 14.8. The van der Waals surface area contributed by atoms with Crippen molar-refractivity contribution < 1.29 is 13.9 Å². The van der Waals surface area contributed by atoms with E-state index in [9.17, 15) is 9.59 Å². The van der Waals surface area contributed by atoms with Crippen LogP contribution in [0.5, 0.6) is 0 Å². The first-order valence-corrected chi connectivity index (χ1v) is 10.2. The Morgan fingerprint density at radius 2 is 1.79 bits per heavy atom. The molecule has 5 nitrogen and oxygen atoms in total. The molecule has 1 unspecified atom stereocenters. The fourth-order valence-electron chi connectivity index (χ4n) is 3.96. The van der Waals surface area contributed by atoms with E-state index < -0.39 is 6.04 Å². The largest absolute Gasteiger partial charge is 0.450 e. The Labute approximate surface area is 169 Å². The molecule has 0 N–H and O–H groups in total. The van der Waals surface area contributed by atoms with Crippen LogP contribution in [0.3, 0.4) is 0 Å². The second kappa shape index (κ2) is 8.21. The predicted octanol–water partition coefficient (Wildman–Crippen LogP) is 4.33. The van der Waals surface area contributed by atoms with Crippen molar-refractivity contribution >= 4 is 16.9 Å². The fourth-order valence-corrected chi connectivity index (χ4v) is 3.96. The van der Waals surface area contributed by atoms with Crippen molar-refractivity contribution in [2.75, 3.05) is 19.8 Å². The summed E-state index contributed by atoms with van der Waals surface area (Å²) >= 11 is 0. The van der Waals surface area contributed by atoms with Crippen LogP contribution in [0.25, 0.3) is 11.0 Å². The zero-order valence-corrected chi connectivity index (χ0v) is 16.8. The number of hydrogen-bond acceptors (Lipinski definition) is 4. The SMILES string of the molecule is CCOCCCN1C(=O)c2oc3ccccc3c(=O)c2C1c1ccc(CC)cc1. The molecule has 1 aromatic heterocycles. The first-order valence-electron chi connectivity index (χ1n) is 10.2. The lowest BCUT2D eigenvalue weighted by Crippen LogP contribution is -2.31. The number of carbonyl (C=O) groups excluding carboxylic acids is 1. The topological polar surface area (TPSA) is 59.8 Å². The first kappa shape index (κ1) is 19.4. The van der Waals surface area contributed by atoms with E-state index in [1.54, 1.807) is 23.1 Å². The lowest BCUT2D eigenvalue weighted by molar-refractivity contribution is 0.0696. The summed E-state index contributed by atoms with van der Waals surface area (Å²) in [5.74, 6) is -0.0707. The average Bonchev–Trinajstić information content (AvgIpc) is 3.03. The van der Waals surface area contributed by atoms with E-state index in [0.29, 0.717) is 42.7 Å². The van der Waals surface area contributed by atoms with E-state index in [-0.39, 0.29) is 17.1 Å². The van der Waals surface area contributed by atoms with Crippen molar-refractivity contribution in [2.24, 2.45) is 0 Å². The van der Waals surface area contributed by atoms with Gasteiger partial charge in [0.25, 0.3) is 5.91 Å². The van der Waals surface area contributed by atoms with Gasteiger partial charge in [0.1, 0.15) is 5.58 Å². The molecule has 0 fully saturated rings. The van der Waals surface area contributed by atoms with Gasteiger partial charge in [-0.2, -0.15) is 0 Å². The summed E-state index contributed by atoms with van der Waals surface area (Å²) < 4.78 is 11.4. The molecular formula is C24H25NO4. The van der Waals surface area contributed by atoms with Crippen molar-refractivity contribution in [3.63, 3.8) is 0 Å². The molecule has 1 amide bonds. The van der Waals surface area contributed by atoms with Gasteiger partial charge in [-0.1, -0.05) is 43.3 Å². The Balaban J connectivity index is 1.82. The Kier molecular flexibility index (Phi) is 5.49. The predicted molar refractivity (Wildman–Crippen MR) is 112 cm³/mol. The van der Waals surface area contributed by atoms with Gasteiger partial charge in [0.05, 0.1) is 17.0 Å². The molecule has 150 valence electrons. The van der Waals surface area contributed by atoms with Crippen LogP contribution in [-0.2, 0) is 11.2 Å². The third-order valence-electron chi connectivity index (χ3n) is 5.47. The molecule has 1 aliphatic rings. The Morgan fingerprint density at radius 1 is 1.03 bits per heavy atom. The number of nitrogens with zero attached hydrogens (tertiary/aromatic N) is 1. The highest BCUT2D eigenvalue weighted by Crippen LogP contribution is 2.38. The molecule has 0 saturated heterocycles. The fraction of sp³-hybridized carbons (Fsp3) is 0.333. The van der Waals surface area contributed by atoms with E-state index in [1.165, 1.54) is 5.56 Å². The average molecular weight is 391 g/mol. The van der Waals surface area contributed by atoms with Crippen molar-refractivity contribution in [3.8, 4) is 0 Å². The molecular weight excluding hydrogens is 366 g/mol. The number of ether oxygens (including phenoxy) is 1. The normalized spacial score (nSPS) is 15.9. The molecule has 0 saturated carbocycles. The maximum absolute atomic E-state index is 13.3. The summed E-state index contributed by atoms with van der Waals surface area (Å²) in [7, 11) is 0. The van der Waals surface area contributed by atoms with Gasteiger partial charge in [-0.15, -0.1) is 0 Å². The van der Waals surface area contributed by atoms with Gasteiger partial charge in [-0.25, -0.2) is 0 Å². The van der Waals surface area contributed by atoms with Gasteiger partial charge in [0, 0.05) is 19.8 Å². The minimum Gasteiger partial charge on any atom is -0.450 e. The number of para-hydroxylation sites is 1. The van der Waals surface area contributed by atoms with Gasteiger partial charge < -0.3 is 14.1 Å². The third-order valence-corrected chi connectivity index (χ3v) is 5.47. The number of benzene rings is 2. The number of aryl methyl sites for hydroxylation is 1. The van der Waals surface area contributed by atoms with Crippen LogP contribution in [0.4, 0.5) is 0 Å². The molecule has 1 atom stereocenters. The summed E-state index contributed by atoms with van der Waals surface area (Å²) in [6.07, 6.45) is 1.64. The van der Waals surface area contributed by atoms with Crippen molar-refractivity contribution in [3.05, 3.63) is 81.2 Å². The number of amides is 1. The number of carbonyl (C=O) groups is 1. The van der Waals surface area contributed by atoms with Gasteiger partial charge in [0.2, 0.25) is 5.76 Å².